The molecule has 122 valence electrons. The highest BCUT2D eigenvalue weighted by Crippen LogP contribution is 2.42. The predicted octanol–water partition coefficient (Wildman–Crippen LogP) is 7.12. The second-order valence-corrected chi connectivity index (χ2v) is 8.61. The van der Waals surface area contributed by atoms with Gasteiger partial charge in [-0.25, -0.2) is 0 Å². The Morgan fingerprint density at radius 3 is 1.43 bits per heavy atom. The van der Waals surface area contributed by atoms with Gasteiger partial charge in [0.2, 0.25) is 0 Å². The van der Waals surface area contributed by atoms with E-state index in [-0.39, 0.29) is 0 Å². The van der Waals surface area contributed by atoms with E-state index in [2.05, 4.69) is 0 Å². The van der Waals surface area contributed by atoms with E-state index in [0.29, 0.717) is 0 Å². The zero-order valence-electron chi connectivity index (χ0n) is 14.3. The topological polar surface area (TPSA) is 0 Å². The highest BCUT2D eigenvalue weighted by molar-refractivity contribution is 4.81. The molecule has 0 heteroatoms. The number of hydrogen-bond acceptors (Lipinski definition) is 0. The van der Waals surface area contributed by atoms with Crippen molar-refractivity contribution in [3.63, 3.8) is 0 Å². The Bertz CT molecular complexity index is 260. The van der Waals surface area contributed by atoms with Gasteiger partial charge in [0.05, 0.1) is 0 Å². The van der Waals surface area contributed by atoms with Gasteiger partial charge in [0, 0.05) is 0 Å². The van der Waals surface area contributed by atoms with Crippen LogP contribution in [-0.2, 0) is 0 Å². The Morgan fingerprint density at radius 2 is 0.810 bits per heavy atom. The van der Waals surface area contributed by atoms with Crippen molar-refractivity contribution >= 4 is 0 Å². The minimum Gasteiger partial charge on any atom is -0.0533 e. The SMILES string of the molecule is C1CCCC(CCC2CCC(C3CCCC3)CC2)CCC1. The molecule has 0 aliphatic heterocycles. The molecule has 0 saturated heterocycles. The van der Waals surface area contributed by atoms with Crippen molar-refractivity contribution < 1.29 is 0 Å². The Hall–Kier alpha value is 0. The Morgan fingerprint density at radius 1 is 0.381 bits per heavy atom. The van der Waals surface area contributed by atoms with Crippen LogP contribution in [0.5, 0.6) is 0 Å². The van der Waals surface area contributed by atoms with Crippen LogP contribution in [0.1, 0.15) is 109 Å². The van der Waals surface area contributed by atoms with Crippen molar-refractivity contribution in [2.24, 2.45) is 23.7 Å². The van der Waals surface area contributed by atoms with Crippen LogP contribution in [0.2, 0.25) is 0 Å². The summed E-state index contributed by atoms with van der Waals surface area (Å²) >= 11 is 0. The van der Waals surface area contributed by atoms with Crippen molar-refractivity contribution in [1.29, 1.82) is 0 Å². The van der Waals surface area contributed by atoms with Gasteiger partial charge < -0.3 is 0 Å². The van der Waals surface area contributed by atoms with Gasteiger partial charge in [-0.2, -0.15) is 0 Å². The van der Waals surface area contributed by atoms with Gasteiger partial charge in [0.1, 0.15) is 0 Å². The summed E-state index contributed by atoms with van der Waals surface area (Å²) in [6, 6.07) is 0. The second kappa shape index (κ2) is 8.59. The number of hydrogen-bond donors (Lipinski definition) is 0. The summed E-state index contributed by atoms with van der Waals surface area (Å²) < 4.78 is 0. The van der Waals surface area contributed by atoms with Crippen molar-refractivity contribution in [1.82, 2.24) is 0 Å². The molecular formula is C21H38. The molecule has 0 bridgehead atoms. The molecule has 3 saturated carbocycles. The summed E-state index contributed by atoms with van der Waals surface area (Å²) in [6.45, 7) is 0. The number of rotatable bonds is 4. The molecule has 0 aromatic carbocycles. The lowest BCUT2D eigenvalue weighted by Crippen LogP contribution is -2.20. The van der Waals surface area contributed by atoms with E-state index < -0.39 is 0 Å². The Kier molecular flexibility index (Phi) is 6.49. The molecule has 3 fully saturated rings. The van der Waals surface area contributed by atoms with E-state index in [0.717, 1.165) is 23.7 Å². The quantitative estimate of drug-likeness (QED) is 0.517. The van der Waals surface area contributed by atoms with Gasteiger partial charge in [0.25, 0.3) is 0 Å². The van der Waals surface area contributed by atoms with Crippen LogP contribution in [0.4, 0.5) is 0 Å². The molecule has 0 N–H and O–H groups in total. The second-order valence-electron chi connectivity index (χ2n) is 8.61. The summed E-state index contributed by atoms with van der Waals surface area (Å²) in [7, 11) is 0. The maximum Gasteiger partial charge on any atom is -0.0386 e. The zero-order valence-corrected chi connectivity index (χ0v) is 14.3. The monoisotopic (exact) mass is 290 g/mol. The summed E-state index contributed by atoms with van der Waals surface area (Å²) in [5.41, 5.74) is 0. The first kappa shape index (κ1) is 15.9. The van der Waals surface area contributed by atoms with E-state index in [9.17, 15) is 0 Å². The third kappa shape index (κ3) is 5.00. The fourth-order valence-corrected chi connectivity index (χ4v) is 5.68. The van der Waals surface area contributed by atoms with E-state index in [1.165, 1.54) is 44.9 Å². The lowest BCUT2D eigenvalue weighted by Gasteiger charge is -2.33. The minimum atomic E-state index is 1.10. The van der Waals surface area contributed by atoms with E-state index >= 15 is 0 Å². The molecule has 0 nitrogen and oxygen atoms in total. The fraction of sp³-hybridized carbons (Fsp3) is 1.00. The summed E-state index contributed by atoms with van der Waals surface area (Å²) in [4.78, 5) is 0. The average molecular weight is 291 g/mol. The van der Waals surface area contributed by atoms with Gasteiger partial charge in [-0.05, 0) is 36.5 Å². The maximum absolute atomic E-state index is 1.58. The Labute approximate surface area is 133 Å². The molecule has 3 aliphatic carbocycles. The third-order valence-corrected chi connectivity index (χ3v) is 7.17. The van der Waals surface area contributed by atoms with Gasteiger partial charge >= 0.3 is 0 Å². The minimum absolute atomic E-state index is 1.10. The van der Waals surface area contributed by atoms with Crippen molar-refractivity contribution in [2.75, 3.05) is 0 Å². The van der Waals surface area contributed by atoms with E-state index in [1.807, 2.05) is 0 Å². The van der Waals surface area contributed by atoms with E-state index in [4.69, 9.17) is 0 Å². The van der Waals surface area contributed by atoms with E-state index in [1.54, 1.807) is 64.2 Å². The first-order chi connectivity index (χ1) is 10.4. The molecule has 0 heterocycles. The summed E-state index contributed by atoms with van der Waals surface area (Å²) in [5.74, 6) is 4.47. The lowest BCUT2D eigenvalue weighted by molar-refractivity contribution is 0.190. The van der Waals surface area contributed by atoms with Gasteiger partial charge in [-0.15, -0.1) is 0 Å². The molecule has 3 rings (SSSR count). The molecule has 3 aliphatic rings. The molecular weight excluding hydrogens is 252 g/mol. The molecule has 0 aromatic heterocycles. The molecule has 0 unspecified atom stereocenters. The molecule has 21 heavy (non-hydrogen) atoms. The molecule has 0 amide bonds. The smallest absolute Gasteiger partial charge is 0.0386 e. The predicted molar refractivity (Wildman–Crippen MR) is 92.4 cm³/mol. The largest absolute Gasteiger partial charge is 0.0533 e. The highest BCUT2D eigenvalue weighted by Gasteiger charge is 2.29. The van der Waals surface area contributed by atoms with Gasteiger partial charge in [-0.3, -0.25) is 0 Å². The van der Waals surface area contributed by atoms with Gasteiger partial charge in [-0.1, -0.05) is 96.3 Å². The summed E-state index contributed by atoms with van der Waals surface area (Å²) in [5, 5.41) is 0. The van der Waals surface area contributed by atoms with Crippen molar-refractivity contribution in [3.8, 4) is 0 Å². The van der Waals surface area contributed by atoms with Crippen LogP contribution >= 0.6 is 0 Å². The van der Waals surface area contributed by atoms with Crippen LogP contribution in [-0.4, -0.2) is 0 Å². The van der Waals surface area contributed by atoms with Gasteiger partial charge in [0.15, 0.2) is 0 Å². The van der Waals surface area contributed by atoms with Crippen LogP contribution in [0, 0.1) is 23.7 Å². The molecule has 0 radical (unpaired) electrons. The molecule has 0 aromatic rings. The van der Waals surface area contributed by atoms with Crippen LogP contribution in [0.25, 0.3) is 0 Å². The summed E-state index contributed by atoms with van der Waals surface area (Å²) in [6.07, 6.45) is 26.4. The standard InChI is InChI=1S/C21H38/c1-2-4-8-18(9-5-3-1)12-13-19-14-16-21(17-15-19)20-10-6-7-11-20/h18-21H,1-17H2. The normalized spacial score (nSPS) is 33.7. The fourth-order valence-electron chi connectivity index (χ4n) is 5.68. The lowest BCUT2D eigenvalue weighted by atomic mass is 9.73. The van der Waals surface area contributed by atoms with Crippen LogP contribution < -0.4 is 0 Å². The molecule has 0 atom stereocenters. The van der Waals surface area contributed by atoms with Crippen molar-refractivity contribution in [2.45, 2.75) is 109 Å². The first-order valence-corrected chi connectivity index (χ1v) is 10.4. The van der Waals surface area contributed by atoms with Crippen LogP contribution in [0.15, 0.2) is 0 Å². The zero-order chi connectivity index (χ0) is 14.3. The first-order valence-electron chi connectivity index (χ1n) is 10.4. The third-order valence-electron chi connectivity index (χ3n) is 7.17. The Balaban J connectivity index is 1.33. The molecule has 0 spiro atoms. The highest BCUT2D eigenvalue weighted by atomic mass is 14.3. The maximum atomic E-state index is 1.58. The average Bonchev–Trinajstić information content (AvgIpc) is 3.01. The van der Waals surface area contributed by atoms with Crippen LogP contribution in [0.3, 0.4) is 0 Å². The van der Waals surface area contributed by atoms with Crippen molar-refractivity contribution in [3.05, 3.63) is 0 Å².